The van der Waals surface area contributed by atoms with Crippen molar-refractivity contribution in [3.8, 4) is 0 Å². The summed E-state index contributed by atoms with van der Waals surface area (Å²) < 4.78 is 26.6. The number of hydrogen-bond acceptors (Lipinski definition) is 7. The molecule has 0 heterocycles. The van der Waals surface area contributed by atoms with Crippen LogP contribution in [0.4, 0.5) is 0 Å². The Morgan fingerprint density at radius 3 is 1.96 bits per heavy atom. The predicted octanol–water partition coefficient (Wildman–Crippen LogP) is 1.60. The number of nitrogens with one attached hydrogen (secondary N) is 1. The fourth-order valence-electron chi connectivity index (χ4n) is 1.85. The van der Waals surface area contributed by atoms with Crippen molar-refractivity contribution in [1.29, 1.82) is 0 Å². The molecule has 27 heavy (non-hydrogen) atoms. The maximum Gasteiger partial charge on any atom is 0.220 e. The number of ketones is 1. The van der Waals surface area contributed by atoms with E-state index >= 15 is 0 Å². The van der Waals surface area contributed by atoms with E-state index in [9.17, 15) is 9.59 Å². The summed E-state index contributed by atoms with van der Waals surface area (Å²) in [6, 6.07) is 0. The zero-order valence-electron chi connectivity index (χ0n) is 17.1. The van der Waals surface area contributed by atoms with Gasteiger partial charge in [-0.1, -0.05) is 6.92 Å². The van der Waals surface area contributed by atoms with Gasteiger partial charge in [0.25, 0.3) is 0 Å². The third-order valence-corrected chi connectivity index (χ3v) is 3.34. The van der Waals surface area contributed by atoms with E-state index in [2.05, 4.69) is 5.32 Å². The molecule has 0 bridgehead atoms. The lowest BCUT2D eigenvalue weighted by Crippen LogP contribution is -2.27. The van der Waals surface area contributed by atoms with Crippen molar-refractivity contribution in [2.75, 3.05) is 66.0 Å². The summed E-state index contributed by atoms with van der Waals surface area (Å²) in [5.41, 5.74) is 0. The van der Waals surface area contributed by atoms with Crippen molar-refractivity contribution in [3.05, 3.63) is 0 Å². The molecule has 0 aromatic heterocycles. The van der Waals surface area contributed by atoms with E-state index in [0.717, 1.165) is 6.42 Å². The van der Waals surface area contributed by atoms with Crippen molar-refractivity contribution in [3.63, 3.8) is 0 Å². The van der Waals surface area contributed by atoms with Crippen molar-refractivity contribution < 1.29 is 34.7 Å². The van der Waals surface area contributed by atoms with E-state index in [4.69, 9.17) is 23.7 Å². The number of hydrogen-bond donors (Lipinski definition) is 1. The van der Waals surface area contributed by atoms with Gasteiger partial charge < -0.3 is 29.0 Å². The minimum atomic E-state index is 0. The van der Waals surface area contributed by atoms with Gasteiger partial charge in [-0.2, -0.15) is 0 Å². The molecule has 0 spiro atoms. The number of amides is 1. The molecule has 0 aliphatic rings. The number of carbonyl (C=O) groups excluding carboxylic acids is 2. The van der Waals surface area contributed by atoms with Gasteiger partial charge in [0, 0.05) is 27.4 Å². The zero-order valence-corrected chi connectivity index (χ0v) is 17.1. The molecule has 0 radical (unpaired) electrons. The fraction of sp³-hybridized carbons (Fsp3) is 0.895. The molecule has 8 heteroatoms. The Morgan fingerprint density at radius 1 is 0.852 bits per heavy atom. The minimum absolute atomic E-state index is 0. The average molecular weight is 394 g/mol. The molecule has 0 atom stereocenters. The Kier molecular flexibility index (Phi) is 18.9. The third-order valence-electron chi connectivity index (χ3n) is 3.34. The standard InChI is InChI=1S/C19H37NO7.H2/c1-4-18(21)16-26-15-14-25-13-12-24-11-10-23-9-7-20-19(22)6-5-8-27-17(2)3;/h17H,4-16H2,1-3H3,(H,20,22);1H. The van der Waals surface area contributed by atoms with Crippen LogP contribution in [-0.4, -0.2) is 83.8 Å². The fourth-order valence-corrected chi connectivity index (χ4v) is 1.85. The van der Waals surface area contributed by atoms with E-state index in [1.807, 2.05) is 20.8 Å². The quantitative estimate of drug-likeness (QED) is 0.314. The van der Waals surface area contributed by atoms with Crippen LogP contribution in [0.3, 0.4) is 0 Å². The Bertz CT molecular complexity index is 370. The number of ether oxygens (including phenoxy) is 5. The van der Waals surface area contributed by atoms with Crippen LogP contribution in [0, 0.1) is 0 Å². The molecule has 0 aromatic rings. The van der Waals surface area contributed by atoms with Gasteiger partial charge in [0.15, 0.2) is 5.78 Å². The summed E-state index contributed by atoms with van der Waals surface area (Å²) in [7, 11) is 0. The van der Waals surface area contributed by atoms with Gasteiger partial charge in [-0.05, 0) is 20.3 Å². The Morgan fingerprint density at radius 2 is 1.41 bits per heavy atom. The van der Waals surface area contributed by atoms with Crippen LogP contribution in [-0.2, 0) is 33.3 Å². The van der Waals surface area contributed by atoms with Crippen LogP contribution >= 0.6 is 0 Å². The molecular weight excluding hydrogens is 354 g/mol. The lowest BCUT2D eigenvalue weighted by Gasteiger charge is -2.09. The van der Waals surface area contributed by atoms with E-state index < -0.39 is 0 Å². The summed E-state index contributed by atoms with van der Waals surface area (Å²) in [6.07, 6.45) is 1.89. The second kappa shape index (κ2) is 19.7. The van der Waals surface area contributed by atoms with Gasteiger partial charge in [0.2, 0.25) is 5.91 Å². The minimum Gasteiger partial charge on any atom is -0.379 e. The predicted molar refractivity (Wildman–Crippen MR) is 104 cm³/mol. The van der Waals surface area contributed by atoms with Crippen LogP contribution in [0.2, 0.25) is 0 Å². The SMILES string of the molecule is CCC(=O)COCCOCCOCCOCCNC(=O)CCCOC(C)C.[HH]. The van der Waals surface area contributed by atoms with Gasteiger partial charge in [0.1, 0.15) is 6.61 Å². The van der Waals surface area contributed by atoms with Gasteiger partial charge in [-0.3, -0.25) is 9.59 Å². The highest BCUT2D eigenvalue weighted by Gasteiger charge is 2.01. The molecule has 0 aromatic carbocycles. The highest BCUT2D eigenvalue weighted by Crippen LogP contribution is 1.94. The van der Waals surface area contributed by atoms with Crippen molar-refractivity contribution in [1.82, 2.24) is 5.32 Å². The summed E-state index contributed by atoms with van der Waals surface area (Å²) in [5.74, 6) is 0.108. The highest BCUT2D eigenvalue weighted by molar-refractivity contribution is 5.79. The van der Waals surface area contributed by atoms with E-state index in [1.54, 1.807) is 0 Å². The van der Waals surface area contributed by atoms with Crippen molar-refractivity contribution in [2.45, 2.75) is 46.1 Å². The zero-order chi connectivity index (χ0) is 20.2. The van der Waals surface area contributed by atoms with Gasteiger partial charge in [-0.15, -0.1) is 0 Å². The summed E-state index contributed by atoms with van der Waals surface area (Å²) in [6.45, 7) is 10.2. The molecule has 0 saturated heterocycles. The molecule has 0 unspecified atom stereocenters. The lowest BCUT2D eigenvalue weighted by molar-refractivity contribution is -0.124. The number of carbonyl (C=O) groups is 2. The molecule has 0 aliphatic carbocycles. The Labute approximate surface area is 164 Å². The molecular formula is C19H39NO7. The Hall–Kier alpha value is -1.06. The van der Waals surface area contributed by atoms with Crippen LogP contribution in [0.1, 0.15) is 41.5 Å². The molecule has 8 nitrogen and oxygen atoms in total. The molecule has 1 N–H and O–H groups in total. The van der Waals surface area contributed by atoms with Crippen molar-refractivity contribution in [2.24, 2.45) is 0 Å². The van der Waals surface area contributed by atoms with Crippen LogP contribution in [0.5, 0.6) is 0 Å². The second-order valence-electron chi connectivity index (χ2n) is 6.15. The van der Waals surface area contributed by atoms with Gasteiger partial charge >= 0.3 is 0 Å². The smallest absolute Gasteiger partial charge is 0.220 e. The summed E-state index contributed by atoms with van der Waals surface area (Å²) in [5, 5.41) is 2.80. The largest absolute Gasteiger partial charge is 0.379 e. The van der Waals surface area contributed by atoms with Gasteiger partial charge in [-0.25, -0.2) is 0 Å². The average Bonchev–Trinajstić information content (AvgIpc) is 2.65. The first-order chi connectivity index (χ1) is 13.1. The maximum atomic E-state index is 11.6. The molecule has 0 fully saturated rings. The van der Waals surface area contributed by atoms with E-state index in [0.29, 0.717) is 72.2 Å². The lowest BCUT2D eigenvalue weighted by atomic mass is 10.3. The maximum absolute atomic E-state index is 11.6. The molecule has 0 aliphatic heterocycles. The van der Waals surface area contributed by atoms with E-state index in [1.165, 1.54) is 0 Å². The van der Waals surface area contributed by atoms with Crippen LogP contribution in [0.15, 0.2) is 0 Å². The monoisotopic (exact) mass is 393 g/mol. The van der Waals surface area contributed by atoms with Crippen LogP contribution < -0.4 is 5.32 Å². The summed E-state index contributed by atoms with van der Waals surface area (Å²) >= 11 is 0. The van der Waals surface area contributed by atoms with Crippen LogP contribution in [0.25, 0.3) is 0 Å². The topological polar surface area (TPSA) is 92.3 Å². The summed E-state index contributed by atoms with van der Waals surface area (Å²) in [4.78, 5) is 22.5. The number of rotatable bonds is 20. The first-order valence-corrected chi connectivity index (χ1v) is 9.77. The Balaban J connectivity index is 0. The third kappa shape index (κ3) is 21.1. The number of Topliss-reactive ketones (excluding diaryl/α,β-unsaturated/α-hetero) is 1. The first-order valence-electron chi connectivity index (χ1n) is 9.77. The van der Waals surface area contributed by atoms with Gasteiger partial charge in [0.05, 0.1) is 52.4 Å². The molecule has 0 saturated carbocycles. The highest BCUT2D eigenvalue weighted by atomic mass is 16.6. The first kappa shape index (κ1) is 25.9. The normalized spacial score (nSPS) is 11.1. The molecule has 1 amide bonds. The van der Waals surface area contributed by atoms with Crippen molar-refractivity contribution >= 4 is 11.7 Å². The molecule has 0 rings (SSSR count). The van der Waals surface area contributed by atoms with E-state index in [-0.39, 0.29) is 25.8 Å². The molecule has 162 valence electrons. The second-order valence-corrected chi connectivity index (χ2v) is 6.15.